The van der Waals surface area contributed by atoms with Crippen LogP contribution in [0.4, 0.5) is 0 Å². The SMILES string of the molecule is CCC(CC)C(=O)NCCc1nc2ccccc2n1CCCCOc1ccc(C)cc1. The monoisotopic (exact) mass is 421 g/mol. The van der Waals surface area contributed by atoms with Gasteiger partial charge < -0.3 is 14.6 Å². The van der Waals surface area contributed by atoms with E-state index in [0.717, 1.165) is 61.3 Å². The fourth-order valence-electron chi connectivity index (χ4n) is 3.86. The zero-order valence-corrected chi connectivity index (χ0v) is 19.1. The average molecular weight is 422 g/mol. The maximum atomic E-state index is 12.3. The minimum atomic E-state index is 0.104. The summed E-state index contributed by atoms with van der Waals surface area (Å²) in [5.41, 5.74) is 3.41. The van der Waals surface area contributed by atoms with Gasteiger partial charge in [0, 0.05) is 25.4 Å². The van der Waals surface area contributed by atoms with Crippen molar-refractivity contribution in [3.8, 4) is 5.75 Å². The van der Waals surface area contributed by atoms with E-state index in [9.17, 15) is 4.79 Å². The zero-order chi connectivity index (χ0) is 22.1. The van der Waals surface area contributed by atoms with Gasteiger partial charge in [-0.05, 0) is 56.9 Å². The van der Waals surface area contributed by atoms with Gasteiger partial charge in [0.2, 0.25) is 5.91 Å². The predicted octanol–water partition coefficient (Wildman–Crippen LogP) is 5.30. The fraction of sp³-hybridized carbons (Fsp3) is 0.462. The normalized spacial score (nSPS) is 11.2. The third kappa shape index (κ3) is 6.33. The van der Waals surface area contributed by atoms with Crippen LogP contribution < -0.4 is 10.1 Å². The first-order valence-corrected chi connectivity index (χ1v) is 11.5. The van der Waals surface area contributed by atoms with Crippen molar-refractivity contribution in [1.82, 2.24) is 14.9 Å². The zero-order valence-electron chi connectivity index (χ0n) is 19.1. The third-order valence-corrected chi connectivity index (χ3v) is 5.80. The number of aromatic nitrogens is 2. The van der Waals surface area contributed by atoms with E-state index >= 15 is 0 Å². The van der Waals surface area contributed by atoms with Crippen molar-refractivity contribution >= 4 is 16.9 Å². The number of rotatable bonds is 12. The summed E-state index contributed by atoms with van der Waals surface area (Å²) >= 11 is 0. The van der Waals surface area contributed by atoms with Gasteiger partial charge >= 0.3 is 0 Å². The van der Waals surface area contributed by atoms with Crippen LogP contribution in [-0.2, 0) is 17.8 Å². The second-order valence-corrected chi connectivity index (χ2v) is 8.09. The van der Waals surface area contributed by atoms with Gasteiger partial charge in [-0.3, -0.25) is 4.79 Å². The van der Waals surface area contributed by atoms with Crippen LogP contribution in [0.25, 0.3) is 11.0 Å². The quantitative estimate of drug-likeness (QED) is 0.404. The molecule has 0 spiro atoms. The molecule has 5 heteroatoms. The number of ether oxygens (including phenoxy) is 1. The maximum absolute atomic E-state index is 12.3. The number of nitrogens with zero attached hydrogens (tertiary/aromatic N) is 2. The Balaban J connectivity index is 1.54. The molecule has 0 bridgehead atoms. The van der Waals surface area contributed by atoms with Gasteiger partial charge in [-0.15, -0.1) is 0 Å². The van der Waals surface area contributed by atoms with Gasteiger partial charge in [-0.1, -0.05) is 43.7 Å². The Bertz CT molecular complexity index is 958. The minimum absolute atomic E-state index is 0.104. The molecule has 1 N–H and O–H groups in total. The third-order valence-electron chi connectivity index (χ3n) is 5.80. The highest BCUT2D eigenvalue weighted by atomic mass is 16.5. The lowest BCUT2D eigenvalue weighted by atomic mass is 10.0. The summed E-state index contributed by atoms with van der Waals surface area (Å²) in [5, 5.41) is 3.09. The Hall–Kier alpha value is -2.82. The molecule has 0 aliphatic carbocycles. The van der Waals surface area contributed by atoms with E-state index in [1.165, 1.54) is 5.56 Å². The minimum Gasteiger partial charge on any atom is -0.494 e. The van der Waals surface area contributed by atoms with Gasteiger partial charge in [-0.2, -0.15) is 0 Å². The Morgan fingerprint density at radius 3 is 2.55 bits per heavy atom. The molecule has 0 unspecified atom stereocenters. The van der Waals surface area contributed by atoms with Crippen LogP contribution in [0, 0.1) is 12.8 Å². The van der Waals surface area contributed by atoms with Crippen LogP contribution in [0.1, 0.15) is 50.9 Å². The summed E-state index contributed by atoms with van der Waals surface area (Å²) in [5.74, 6) is 2.21. The molecule has 31 heavy (non-hydrogen) atoms. The topological polar surface area (TPSA) is 56.2 Å². The van der Waals surface area contributed by atoms with E-state index in [1.807, 2.05) is 18.2 Å². The highest BCUT2D eigenvalue weighted by Gasteiger charge is 2.15. The Labute approximate surface area is 185 Å². The number of unbranched alkanes of at least 4 members (excludes halogenated alkanes) is 1. The summed E-state index contributed by atoms with van der Waals surface area (Å²) in [4.78, 5) is 17.1. The summed E-state index contributed by atoms with van der Waals surface area (Å²) < 4.78 is 8.16. The average Bonchev–Trinajstić information content (AvgIpc) is 3.13. The molecule has 0 aliphatic rings. The van der Waals surface area contributed by atoms with Crippen molar-refractivity contribution in [3.05, 3.63) is 59.9 Å². The number of aryl methyl sites for hydroxylation is 2. The predicted molar refractivity (Wildman–Crippen MR) is 126 cm³/mol. The van der Waals surface area contributed by atoms with Gasteiger partial charge in [0.25, 0.3) is 0 Å². The molecular weight excluding hydrogens is 386 g/mol. The second-order valence-electron chi connectivity index (χ2n) is 8.09. The van der Waals surface area contributed by atoms with Crippen molar-refractivity contribution in [2.24, 2.45) is 5.92 Å². The van der Waals surface area contributed by atoms with E-state index in [-0.39, 0.29) is 11.8 Å². The molecule has 3 aromatic rings. The highest BCUT2D eigenvalue weighted by Crippen LogP contribution is 2.18. The summed E-state index contributed by atoms with van der Waals surface area (Å²) in [6.45, 7) is 8.43. The van der Waals surface area contributed by atoms with Crippen molar-refractivity contribution in [3.63, 3.8) is 0 Å². The molecule has 5 nitrogen and oxygen atoms in total. The summed E-state index contributed by atoms with van der Waals surface area (Å²) in [7, 11) is 0. The summed E-state index contributed by atoms with van der Waals surface area (Å²) in [6.07, 6.45) is 4.49. The molecule has 0 atom stereocenters. The first-order valence-electron chi connectivity index (χ1n) is 11.5. The molecule has 166 valence electrons. The molecule has 0 fully saturated rings. The molecule has 1 heterocycles. The number of para-hydroxylation sites is 2. The Morgan fingerprint density at radius 2 is 1.81 bits per heavy atom. The smallest absolute Gasteiger partial charge is 0.223 e. The molecule has 3 rings (SSSR count). The molecular formula is C26H35N3O2. The van der Waals surface area contributed by atoms with E-state index in [0.29, 0.717) is 13.2 Å². The molecule has 0 radical (unpaired) electrons. The van der Waals surface area contributed by atoms with E-state index in [1.54, 1.807) is 0 Å². The van der Waals surface area contributed by atoms with Crippen LogP contribution >= 0.6 is 0 Å². The van der Waals surface area contributed by atoms with Crippen LogP contribution in [0.5, 0.6) is 5.75 Å². The lowest BCUT2D eigenvalue weighted by Crippen LogP contribution is -2.32. The maximum Gasteiger partial charge on any atom is 0.223 e. The number of benzene rings is 2. The van der Waals surface area contributed by atoms with E-state index in [2.05, 4.69) is 61.0 Å². The molecule has 1 aromatic heterocycles. The van der Waals surface area contributed by atoms with Crippen molar-refractivity contribution in [2.45, 2.75) is 59.4 Å². The Kier molecular flexibility index (Phi) is 8.51. The number of imidazole rings is 1. The number of hydrogen-bond acceptors (Lipinski definition) is 3. The fourth-order valence-corrected chi connectivity index (χ4v) is 3.86. The van der Waals surface area contributed by atoms with Gasteiger partial charge in [0.1, 0.15) is 11.6 Å². The van der Waals surface area contributed by atoms with E-state index in [4.69, 9.17) is 9.72 Å². The van der Waals surface area contributed by atoms with Crippen molar-refractivity contribution in [1.29, 1.82) is 0 Å². The highest BCUT2D eigenvalue weighted by molar-refractivity contribution is 5.78. The van der Waals surface area contributed by atoms with Gasteiger partial charge in [0.05, 0.1) is 17.6 Å². The van der Waals surface area contributed by atoms with Crippen molar-refractivity contribution in [2.75, 3.05) is 13.2 Å². The standard InChI is InChI=1S/C26H35N3O2/c1-4-21(5-2)26(30)27-17-16-25-28-23-10-6-7-11-24(23)29(25)18-8-9-19-31-22-14-12-20(3)13-15-22/h6-7,10-15,21H,4-5,8-9,16-19H2,1-3H3,(H,27,30). The largest absolute Gasteiger partial charge is 0.494 e. The van der Waals surface area contributed by atoms with Crippen LogP contribution in [0.15, 0.2) is 48.5 Å². The van der Waals surface area contributed by atoms with Gasteiger partial charge in [0.15, 0.2) is 0 Å². The number of hydrogen-bond donors (Lipinski definition) is 1. The van der Waals surface area contributed by atoms with Crippen LogP contribution in [0.3, 0.4) is 0 Å². The second kappa shape index (κ2) is 11.5. The lowest BCUT2D eigenvalue weighted by Gasteiger charge is -2.13. The Morgan fingerprint density at radius 1 is 1.06 bits per heavy atom. The first kappa shape index (κ1) is 22.9. The first-order chi connectivity index (χ1) is 15.1. The summed E-state index contributed by atoms with van der Waals surface area (Å²) in [6, 6.07) is 16.4. The van der Waals surface area contributed by atoms with Gasteiger partial charge in [-0.25, -0.2) is 4.98 Å². The number of fused-ring (bicyclic) bond motifs is 1. The molecule has 0 saturated carbocycles. The molecule has 0 aliphatic heterocycles. The molecule has 0 saturated heterocycles. The molecule has 2 aromatic carbocycles. The number of nitrogens with one attached hydrogen (secondary N) is 1. The van der Waals surface area contributed by atoms with E-state index < -0.39 is 0 Å². The molecule has 1 amide bonds. The van der Waals surface area contributed by atoms with Crippen LogP contribution in [0.2, 0.25) is 0 Å². The number of amides is 1. The number of carbonyl (C=O) groups excluding carboxylic acids is 1. The number of carbonyl (C=O) groups is 1. The van der Waals surface area contributed by atoms with Crippen LogP contribution in [-0.4, -0.2) is 28.6 Å². The lowest BCUT2D eigenvalue weighted by molar-refractivity contribution is -0.125. The van der Waals surface area contributed by atoms with Crippen molar-refractivity contribution < 1.29 is 9.53 Å².